The van der Waals surface area contributed by atoms with Gasteiger partial charge in [0.15, 0.2) is 11.5 Å². The van der Waals surface area contributed by atoms with Crippen LogP contribution >= 0.6 is 0 Å². The molecular weight excluding hydrogens is 404 g/mol. The zero-order valence-electron chi connectivity index (χ0n) is 18.6. The van der Waals surface area contributed by atoms with Gasteiger partial charge in [-0.25, -0.2) is 0 Å². The topological polar surface area (TPSA) is 76.7 Å². The summed E-state index contributed by atoms with van der Waals surface area (Å²) in [5.41, 5.74) is 3.92. The van der Waals surface area contributed by atoms with Crippen molar-refractivity contribution in [2.45, 2.75) is 13.8 Å². The third-order valence-electron chi connectivity index (χ3n) is 4.88. The van der Waals surface area contributed by atoms with Gasteiger partial charge in [-0.1, -0.05) is 42.0 Å². The molecule has 6 nitrogen and oxygen atoms in total. The summed E-state index contributed by atoms with van der Waals surface area (Å²) < 4.78 is 10.6. The molecule has 0 saturated heterocycles. The van der Waals surface area contributed by atoms with E-state index in [1.165, 1.54) is 7.11 Å². The third kappa shape index (κ3) is 5.55. The highest BCUT2D eigenvalue weighted by atomic mass is 16.5. The maximum atomic E-state index is 13.1. The molecule has 0 radical (unpaired) electrons. The molecule has 164 valence electrons. The van der Waals surface area contributed by atoms with E-state index in [1.54, 1.807) is 55.7 Å². The van der Waals surface area contributed by atoms with E-state index in [0.29, 0.717) is 28.3 Å². The Morgan fingerprint density at radius 2 is 1.56 bits per heavy atom. The molecule has 2 amide bonds. The van der Waals surface area contributed by atoms with E-state index in [9.17, 15) is 9.59 Å². The highest BCUT2D eigenvalue weighted by Gasteiger charge is 2.16. The maximum Gasteiger partial charge on any atom is 0.272 e. The molecule has 0 spiro atoms. The smallest absolute Gasteiger partial charge is 0.272 e. The van der Waals surface area contributed by atoms with Crippen molar-refractivity contribution in [2.75, 3.05) is 19.5 Å². The lowest BCUT2D eigenvalue weighted by Crippen LogP contribution is -2.30. The van der Waals surface area contributed by atoms with Crippen LogP contribution in [0.2, 0.25) is 0 Å². The molecular formula is C26H26N2O4. The Labute approximate surface area is 187 Å². The Bertz CT molecular complexity index is 1150. The lowest BCUT2D eigenvalue weighted by molar-refractivity contribution is -0.113. The lowest BCUT2D eigenvalue weighted by Gasteiger charge is -2.14. The van der Waals surface area contributed by atoms with Gasteiger partial charge in [0.05, 0.1) is 14.2 Å². The molecule has 3 aromatic carbocycles. The van der Waals surface area contributed by atoms with Crippen LogP contribution in [0.5, 0.6) is 11.5 Å². The van der Waals surface area contributed by atoms with Crippen LogP contribution in [0, 0.1) is 13.8 Å². The highest BCUT2D eigenvalue weighted by molar-refractivity contribution is 6.10. The minimum Gasteiger partial charge on any atom is -0.493 e. The van der Waals surface area contributed by atoms with Gasteiger partial charge in [0.25, 0.3) is 11.8 Å². The van der Waals surface area contributed by atoms with Crippen molar-refractivity contribution in [3.05, 3.63) is 94.7 Å². The number of methoxy groups -OCH3 is 2. The zero-order chi connectivity index (χ0) is 23.1. The van der Waals surface area contributed by atoms with Crippen LogP contribution in [0.1, 0.15) is 27.0 Å². The van der Waals surface area contributed by atoms with Crippen LogP contribution in [0.4, 0.5) is 5.69 Å². The fourth-order valence-electron chi connectivity index (χ4n) is 3.20. The summed E-state index contributed by atoms with van der Waals surface area (Å²) in [6.45, 7) is 3.91. The molecule has 0 aliphatic carbocycles. The molecule has 3 rings (SSSR count). The van der Waals surface area contributed by atoms with Crippen molar-refractivity contribution >= 4 is 23.6 Å². The molecule has 0 bridgehead atoms. The van der Waals surface area contributed by atoms with Crippen LogP contribution in [0.15, 0.2) is 72.4 Å². The number of rotatable bonds is 7. The molecule has 3 aromatic rings. The van der Waals surface area contributed by atoms with Crippen molar-refractivity contribution in [3.8, 4) is 11.5 Å². The Kier molecular flexibility index (Phi) is 7.29. The number of aryl methyl sites for hydroxylation is 2. The first-order chi connectivity index (χ1) is 15.4. The highest BCUT2D eigenvalue weighted by Crippen LogP contribution is 2.28. The molecule has 6 heteroatoms. The summed E-state index contributed by atoms with van der Waals surface area (Å²) in [5, 5.41) is 5.62. The van der Waals surface area contributed by atoms with E-state index in [4.69, 9.17) is 9.47 Å². The Balaban J connectivity index is 1.95. The van der Waals surface area contributed by atoms with E-state index in [0.717, 1.165) is 11.1 Å². The van der Waals surface area contributed by atoms with Gasteiger partial charge in [0.2, 0.25) is 0 Å². The molecule has 0 unspecified atom stereocenters. The second kappa shape index (κ2) is 10.3. The van der Waals surface area contributed by atoms with E-state index in [1.807, 2.05) is 38.1 Å². The van der Waals surface area contributed by atoms with Crippen LogP contribution < -0.4 is 20.1 Å². The molecule has 0 aliphatic rings. The third-order valence-corrected chi connectivity index (χ3v) is 4.88. The summed E-state index contributed by atoms with van der Waals surface area (Å²) in [5.74, 6) is 0.271. The van der Waals surface area contributed by atoms with Gasteiger partial charge in [0.1, 0.15) is 5.70 Å². The van der Waals surface area contributed by atoms with Crippen molar-refractivity contribution in [1.82, 2.24) is 5.32 Å². The molecule has 32 heavy (non-hydrogen) atoms. The summed E-state index contributed by atoms with van der Waals surface area (Å²) in [7, 11) is 3.09. The number of hydrogen-bond donors (Lipinski definition) is 2. The molecule has 0 atom stereocenters. The largest absolute Gasteiger partial charge is 0.493 e. The first kappa shape index (κ1) is 22.6. The number of benzene rings is 3. The number of hydrogen-bond acceptors (Lipinski definition) is 4. The molecule has 0 aliphatic heterocycles. The monoisotopic (exact) mass is 430 g/mol. The molecule has 0 aromatic heterocycles. The lowest BCUT2D eigenvalue weighted by atomic mass is 10.1. The molecule has 0 saturated carbocycles. The predicted molar refractivity (Wildman–Crippen MR) is 126 cm³/mol. The Morgan fingerprint density at radius 1 is 0.844 bits per heavy atom. The minimum absolute atomic E-state index is 0.103. The minimum atomic E-state index is -0.434. The standard InChI is InChI=1S/C26H26N2O4/c1-17-10-12-21(18(2)14-17)27-26(30)22(28-25(29)20-8-6-5-7-9-20)15-19-11-13-23(31-3)24(16-19)32-4/h5-16H,1-4H3,(H,27,30)(H,28,29)/b22-15-. The van der Waals surface area contributed by atoms with Gasteiger partial charge in [-0.05, 0) is 61.4 Å². The fraction of sp³-hybridized carbons (Fsp3) is 0.154. The maximum absolute atomic E-state index is 13.1. The van der Waals surface area contributed by atoms with Crippen molar-refractivity contribution < 1.29 is 19.1 Å². The van der Waals surface area contributed by atoms with Gasteiger partial charge in [-0.2, -0.15) is 0 Å². The van der Waals surface area contributed by atoms with E-state index >= 15 is 0 Å². The van der Waals surface area contributed by atoms with E-state index < -0.39 is 5.91 Å². The Morgan fingerprint density at radius 3 is 2.22 bits per heavy atom. The quantitative estimate of drug-likeness (QED) is 0.531. The van der Waals surface area contributed by atoms with Crippen LogP contribution in [-0.4, -0.2) is 26.0 Å². The number of amides is 2. The first-order valence-corrected chi connectivity index (χ1v) is 10.1. The summed E-state index contributed by atoms with van der Waals surface area (Å²) in [6.07, 6.45) is 1.60. The molecule has 0 fully saturated rings. The van der Waals surface area contributed by atoms with Crippen molar-refractivity contribution in [3.63, 3.8) is 0 Å². The number of anilines is 1. The van der Waals surface area contributed by atoms with E-state index in [2.05, 4.69) is 10.6 Å². The second-order valence-corrected chi connectivity index (χ2v) is 7.27. The number of carbonyl (C=O) groups excluding carboxylic acids is 2. The van der Waals surface area contributed by atoms with E-state index in [-0.39, 0.29) is 11.6 Å². The van der Waals surface area contributed by atoms with Crippen molar-refractivity contribution in [1.29, 1.82) is 0 Å². The van der Waals surface area contributed by atoms with Crippen LogP contribution in [-0.2, 0) is 4.79 Å². The van der Waals surface area contributed by atoms with Crippen LogP contribution in [0.25, 0.3) is 6.08 Å². The zero-order valence-corrected chi connectivity index (χ0v) is 18.6. The Hall–Kier alpha value is -4.06. The van der Waals surface area contributed by atoms with Gasteiger partial charge < -0.3 is 20.1 Å². The van der Waals surface area contributed by atoms with Crippen molar-refractivity contribution in [2.24, 2.45) is 0 Å². The fourth-order valence-corrected chi connectivity index (χ4v) is 3.20. The van der Waals surface area contributed by atoms with Gasteiger partial charge in [-0.15, -0.1) is 0 Å². The predicted octanol–water partition coefficient (Wildman–Crippen LogP) is 4.73. The summed E-state index contributed by atoms with van der Waals surface area (Å²) in [4.78, 5) is 25.9. The normalized spacial score (nSPS) is 10.9. The number of ether oxygens (including phenoxy) is 2. The number of nitrogens with one attached hydrogen (secondary N) is 2. The van der Waals surface area contributed by atoms with Crippen LogP contribution in [0.3, 0.4) is 0 Å². The average molecular weight is 431 g/mol. The summed E-state index contributed by atoms with van der Waals surface area (Å²) in [6, 6.07) is 19.7. The first-order valence-electron chi connectivity index (χ1n) is 10.1. The second-order valence-electron chi connectivity index (χ2n) is 7.27. The SMILES string of the molecule is COc1ccc(/C=C(\NC(=O)c2ccccc2)C(=O)Nc2ccc(C)cc2C)cc1OC. The summed E-state index contributed by atoms with van der Waals surface area (Å²) >= 11 is 0. The molecule has 2 N–H and O–H groups in total. The number of carbonyl (C=O) groups is 2. The average Bonchev–Trinajstić information content (AvgIpc) is 2.80. The molecule has 0 heterocycles. The van der Waals surface area contributed by atoms with Gasteiger partial charge in [0, 0.05) is 11.3 Å². The van der Waals surface area contributed by atoms with Gasteiger partial charge >= 0.3 is 0 Å². The van der Waals surface area contributed by atoms with Gasteiger partial charge in [-0.3, -0.25) is 9.59 Å².